The minimum Gasteiger partial charge on any atom is -0.364 e. The lowest BCUT2D eigenvalue weighted by Gasteiger charge is -2.32. The van der Waals surface area contributed by atoms with E-state index in [-0.39, 0.29) is 11.8 Å². The molecule has 1 fully saturated rings. The Kier molecular flexibility index (Phi) is 4.99. The number of carbonyl (C=O) groups is 1. The third kappa shape index (κ3) is 3.81. The number of hydrogen-bond acceptors (Lipinski definition) is 3. The summed E-state index contributed by atoms with van der Waals surface area (Å²) < 4.78 is 0. The molecule has 3 N–H and O–H groups in total. The summed E-state index contributed by atoms with van der Waals surface area (Å²) in [5.41, 5.74) is 6.64. The van der Waals surface area contributed by atoms with Gasteiger partial charge < -0.3 is 20.5 Å². The molecule has 0 radical (unpaired) electrons. The van der Waals surface area contributed by atoms with Crippen LogP contribution in [0.2, 0.25) is 0 Å². The lowest BCUT2D eigenvalue weighted by molar-refractivity contribution is -0.136. The molecule has 5 nitrogen and oxygen atoms in total. The van der Waals surface area contributed by atoms with E-state index in [1.807, 2.05) is 30.3 Å². The van der Waals surface area contributed by atoms with E-state index in [0.717, 1.165) is 38.2 Å². The monoisotopic (exact) mass is 264 g/mol. The van der Waals surface area contributed by atoms with Crippen molar-refractivity contribution in [1.29, 1.82) is 0 Å². The Balaban J connectivity index is 1.80. The van der Waals surface area contributed by atoms with Crippen LogP contribution >= 0.6 is 0 Å². The summed E-state index contributed by atoms with van der Waals surface area (Å²) in [6.45, 7) is 4.29. The molecule has 0 atom stereocenters. The zero-order chi connectivity index (χ0) is 13.7. The van der Waals surface area contributed by atoms with E-state index < -0.39 is 0 Å². The van der Waals surface area contributed by atoms with Crippen molar-refractivity contribution in [2.24, 2.45) is 11.7 Å². The fourth-order valence-electron chi connectivity index (χ4n) is 2.70. The number of carbonyl (C=O) groups excluding carboxylic acids is 1. The number of hydrogen-bond donors (Lipinski definition) is 2. The maximum atomic E-state index is 12.4. The molecule has 106 valence electrons. The number of piperidine rings is 1. The second kappa shape index (κ2) is 6.73. The van der Waals surface area contributed by atoms with Gasteiger partial charge in [0.1, 0.15) is 0 Å². The van der Waals surface area contributed by atoms with E-state index in [2.05, 4.69) is 9.88 Å². The molecule has 1 saturated heterocycles. The Morgan fingerprint density at radius 3 is 2.84 bits per heavy atom. The van der Waals surface area contributed by atoms with Gasteiger partial charge in [-0.3, -0.25) is 4.79 Å². The maximum Gasteiger partial charge on any atom is 0.225 e. The molecule has 1 aliphatic rings. The average Bonchev–Trinajstić information content (AvgIpc) is 2.92. The molecule has 1 amide bonds. The van der Waals surface area contributed by atoms with Gasteiger partial charge in [-0.1, -0.05) is 0 Å². The van der Waals surface area contributed by atoms with Crippen molar-refractivity contribution >= 4 is 5.91 Å². The van der Waals surface area contributed by atoms with E-state index in [9.17, 15) is 4.79 Å². The third-order valence-electron chi connectivity index (χ3n) is 3.83. The number of aromatic amines is 1. The molecule has 19 heavy (non-hydrogen) atoms. The summed E-state index contributed by atoms with van der Waals surface area (Å²) in [4.78, 5) is 19.7. The predicted molar refractivity (Wildman–Crippen MR) is 75.5 cm³/mol. The molecule has 1 aromatic rings. The molecule has 2 heterocycles. The van der Waals surface area contributed by atoms with Gasteiger partial charge in [0, 0.05) is 37.9 Å². The van der Waals surface area contributed by atoms with Crippen molar-refractivity contribution in [3.8, 4) is 0 Å². The van der Waals surface area contributed by atoms with E-state index in [1.54, 1.807) is 0 Å². The Morgan fingerprint density at radius 1 is 1.53 bits per heavy atom. The largest absolute Gasteiger partial charge is 0.364 e. The number of amides is 1. The lowest BCUT2D eigenvalue weighted by atomic mass is 9.95. The topological polar surface area (TPSA) is 65.4 Å². The molecule has 0 bridgehead atoms. The SMILES string of the molecule is CN(Cc1ccc[nH]1)C(=O)C1CCN(CCN)CC1. The summed E-state index contributed by atoms with van der Waals surface area (Å²) in [5, 5.41) is 0. The Labute approximate surface area is 114 Å². The minimum atomic E-state index is 0.175. The molecule has 1 aliphatic heterocycles. The highest BCUT2D eigenvalue weighted by atomic mass is 16.2. The van der Waals surface area contributed by atoms with Crippen LogP contribution in [-0.2, 0) is 11.3 Å². The quantitative estimate of drug-likeness (QED) is 0.820. The van der Waals surface area contributed by atoms with Gasteiger partial charge >= 0.3 is 0 Å². The number of nitrogens with one attached hydrogen (secondary N) is 1. The predicted octanol–water partition coefficient (Wildman–Crippen LogP) is 0.644. The van der Waals surface area contributed by atoms with Crippen molar-refractivity contribution in [2.45, 2.75) is 19.4 Å². The highest BCUT2D eigenvalue weighted by Gasteiger charge is 2.26. The molecule has 1 aromatic heterocycles. The van der Waals surface area contributed by atoms with Gasteiger partial charge in [0.25, 0.3) is 0 Å². The van der Waals surface area contributed by atoms with Gasteiger partial charge in [0.15, 0.2) is 0 Å². The summed E-state index contributed by atoms with van der Waals surface area (Å²) in [6, 6.07) is 3.96. The van der Waals surface area contributed by atoms with Gasteiger partial charge in [0.05, 0.1) is 6.54 Å². The molecule has 5 heteroatoms. The maximum absolute atomic E-state index is 12.4. The van der Waals surface area contributed by atoms with Crippen LogP contribution in [0.1, 0.15) is 18.5 Å². The normalized spacial score (nSPS) is 17.6. The minimum absolute atomic E-state index is 0.175. The van der Waals surface area contributed by atoms with Gasteiger partial charge in [-0.05, 0) is 38.1 Å². The third-order valence-corrected chi connectivity index (χ3v) is 3.83. The van der Waals surface area contributed by atoms with Crippen LogP contribution in [0, 0.1) is 5.92 Å². The smallest absolute Gasteiger partial charge is 0.225 e. The summed E-state index contributed by atoms with van der Waals surface area (Å²) in [6.07, 6.45) is 3.79. The molecule has 0 aromatic carbocycles. The lowest BCUT2D eigenvalue weighted by Crippen LogP contribution is -2.42. The van der Waals surface area contributed by atoms with Crippen LogP contribution in [0.15, 0.2) is 18.3 Å². The number of aromatic nitrogens is 1. The van der Waals surface area contributed by atoms with Crippen molar-refractivity contribution in [3.05, 3.63) is 24.0 Å². The fraction of sp³-hybridized carbons (Fsp3) is 0.643. The number of H-pyrrole nitrogens is 1. The highest BCUT2D eigenvalue weighted by Crippen LogP contribution is 2.19. The first-order valence-corrected chi connectivity index (χ1v) is 7.00. The molecule has 2 rings (SSSR count). The van der Waals surface area contributed by atoms with Crippen molar-refractivity contribution < 1.29 is 4.79 Å². The Bertz CT molecular complexity index is 382. The van der Waals surface area contributed by atoms with E-state index in [1.165, 1.54) is 0 Å². The first-order chi connectivity index (χ1) is 9.20. The Morgan fingerprint density at radius 2 is 2.26 bits per heavy atom. The van der Waals surface area contributed by atoms with Crippen molar-refractivity contribution in [1.82, 2.24) is 14.8 Å². The fourth-order valence-corrected chi connectivity index (χ4v) is 2.70. The molecule has 0 saturated carbocycles. The van der Waals surface area contributed by atoms with Crippen molar-refractivity contribution in [3.63, 3.8) is 0 Å². The molecular weight excluding hydrogens is 240 g/mol. The van der Waals surface area contributed by atoms with E-state index >= 15 is 0 Å². The van der Waals surface area contributed by atoms with Gasteiger partial charge in [-0.25, -0.2) is 0 Å². The Hall–Kier alpha value is -1.33. The standard InChI is InChI=1S/C14H24N4O/c1-17(11-13-3-2-7-16-13)14(19)12-4-8-18(9-5-12)10-6-15/h2-3,7,12,16H,4-6,8-11,15H2,1H3. The number of nitrogens with two attached hydrogens (primary N) is 1. The molecule has 0 aliphatic carbocycles. The first kappa shape index (κ1) is 14.1. The van der Waals surface area contributed by atoms with Crippen molar-refractivity contribution in [2.75, 3.05) is 33.2 Å². The van der Waals surface area contributed by atoms with Crippen LogP contribution in [0.5, 0.6) is 0 Å². The second-order valence-corrected chi connectivity index (χ2v) is 5.29. The van der Waals surface area contributed by atoms with Crippen LogP contribution in [0.3, 0.4) is 0 Å². The molecular formula is C14H24N4O. The van der Waals surface area contributed by atoms with Crippen LogP contribution in [0.4, 0.5) is 0 Å². The van der Waals surface area contributed by atoms with Gasteiger partial charge in [-0.15, -0.1) is 0 Å². The van der Waals surface area contributed by atoms with E-state index in [0.29, 0.717) is 13.1 Å². The summed E-state index contributed by atoms with van der Waals surface area (Å²) in [7, 11) is 1.88. The number of nitrogens with zero attached hydrogens (tertiary/aromatic N) is 2. The summed E-state index contributed by atoms with van der Waals surface area (Å²) in [5.74, 6) is 0.441. The van der Waals surface area contributed by atoms with Crippen LogP contribution in [-0.4, -0.2) is 53.9 Å². The van der Waals surface area contributed by atoms with Gasteiger partial charge in [0.2, 0.25) is 5.91 Å². The average molecular weight is 264 g/mol. The van der Waals surface area contributed by atoms with Gasteiger partial charge in [-0.2, -0.15) is 0 Å². The zero-order valence-corrected chi connectivity index (χ0v) is 11.6. The van der Waals surface area contributed by atoms with E-state index in [4.69, 9.17) is 5.73 Å². The molecule has 0 spiro atoms. The van der Waals surface area contributed by atoms with Crippen LogP contribution in [0.25, 0.3) is 0 Å². The summed E-state index contributed by atoms with van der Waals surface area (Å²) >= 11 is 0. The number of likely N-dealkylation sites (tertiary alicyclic amines) is 1. The highest BCUT2D eigenvalue weighted by molar-refractivity contribution is 5.78. The number of rotatable bonds is 5. The molecule has 0 unspecified atom stereocenters. The zero-order valence-electron chi connectivity index (χ0n) is 11.6. The van der Waals surface area contributed by atoms with Crippen LogP contribution < -0.4 is 5.73 Å². The first-order valence-electron chi connectivity index (χ1n) is 7.00. The second-order valence-electron chi connectivity index (χ2n) is 5.29.